The second-order valence-electron chi connectivity index (χ2n) is 23.7. The highest BCUT2D eigenvalue weighted by atomic mass is 16.5. The quantitative estimate of drug-likeness (QED) is 0.0672. The Morgan fingerprint density at radius 3 is 1.76 bits per heavy atom. The van der Waals surface area contributed by atoms with Crippen molar-refractivity contribution in [2.24, 2.45) is 7.05 Å². The van der Waals surface area contributed by atoms with Crippen molar-refractivity contribution in [3.8, 4) is 44.6 Å². The Morgan fingerprint density at radius 2 is 1.07 bits per heavy atom. The molecule has 11 aromatic rings. The van der Waals surface area contributed by atoms with E-state index in [4.69, 9.17) is 14.2 Å². The smallest absolute Gasteiger partial charge is 0.0869 e. The predicted octanol–water partition coefficient (Wildman–Crippen LogP) is 20.2. The third kappa shape index (κ3) is 11.0. The fraction of sp³-hybridized carbons (Fsp3) is 0.215. The van der Waals surface area contributed by atoms with Gasteiger partial charge in [-0.15, -0.1) is 0 Å². The molecule has 0 saturated heterocycles. The minimum absolute atomic E-state index is 0.127. The van der Waals surface area contributed by atoms with Gasteiger partial charge in [0.15, 0.2) is 0 Å². The molecule has 3 atom stereocenters. The van der Waals surface area contributed by atoms with Crippen LogP contribution in [0.25, 0.3) is 55.5 Å². The molecule has 0 spiro atoms. The summed E-state index contributed by atoms with van der Waals surface area (Å²) in [6, 6.07) is 89.2. The molecular weight excluding hydrogens is 1020 g/mol. The molecular formula is C79H74N2O3. The van der Waals surface area contributed by atoms with E-state index >= 15 is 0 Å². The van der Waals surface area contributed by atoms with Crippen molar-refractivity contribution < 1.29 is 14.2 Å². The molecule has 2 aliphatic carbocycles. The lowest BCUT2D eigenvalue weighted by Crippen LogP contribution is -2.21. The lowest BCUT2D eigenvalue weighted by Gasteiger charge is -2.29. The number of benzene rings is 10. The van der Waals surface area contributed by atoms with E-state index < -0.39 is 0 Å². The van der Waals surface area contributed by atoms with Gasteiger partial charge in [-0.05, 0) is 151 Å². The predicted molar refractivity (Wildman–Crippen MR) is 347 cm³/mol. The van der Waals surface area contributed by atoms with Gasteiger partial charge in [-0.1, -0.05) is 228 Å². The van der Waals surface area contributed by atoms with Gasteiger partial charge in [-0.25, -0.2) is 0 Å². The van der Waals surface area contributed by atoms with Crippen molar-refractivity contribution >= 4 is 28.0 Å². The number of aromatic nitrogens is 1. The highest BCUT2D eigenvalue weighted by Gasteiger charge is 2.36. The molecule has 0 N–H and O–H groups in total. The van der Waals surface area contributed by atoms with Gasteiger partial charge in [0.05, 0.1) is 44.8 Å². The monoisotopic (exact) mass is 1100 g/mol. The average Bonchev–Trinajstić information content (AvgIpc) is 2.67. The van der Waals surface area contributed by atoms with Crippen molar-refractivity contribution in [3.63, 3.8) is 0 Å². The molecule has 0 bridgehead atoms. The zero-order chi connectivity index (χ0) is 57.2. The maximum atomic E-state index is 6.32. The number of fused-ring (bicyclic) bond motifs is 5. The number of ether oxygens (including phenoxy) is 3. The number of rotatable bonds is 21. The van der Waals surface area contributed by atoms with E-state index in [0.29, 0.717) is 44.9 Å². The number of aryl methyl sites for hydroxylation is 1. The van der Waals surface area contributed by atoms with Crippen LogP contribution in [0.4, 0.5) is 17.1 Å². The highest BCUT2D eigenvalue weighted by Crippen LogP contribution is 2.51. The molecule has 5 nitrogen and oxygen atoms in total. The van der Waals surface area contributed by atoms with Crippen molar-refractivity contribution in [2.45, 2.75) is 90.1 Å². The number of para-hydroxylation sites is 1. The molecule has 84 heavy (non-hydrogen) atoms. The zero-order valence-electron chi connectivity index (χ0n) is 49.1. The van der Waals surface area contributed by atoms with E-state index in [2.05, 4.69) is 287 Å². The maximum Gasteiger partial charge on any atom is 0.0869 e. The Labute approximate surface area is 496 Å². The second kappa shape index (κ2) is 24.0. The molecule has 0 aliphatic heterocycles. The number of anilines is 3. The van der Waals surface area contributed by atoms with Gasteiger partial charge in [0.25, 0.3) is 0 Å². The minimum Gasteiger partial charge on any atom is -0.374 e. The Kier molecular flexibility index (Phi) is 15.6. The van der Waals surface area contributed by atoms with Crippen LogP contribution in [-0.2, 0) is 52.9 Å². The van der Waals surface area contributed by atoms with E-state index in [1.807, 2.05) is 0 Å². The molecule has 0 radical (unpaired) electrons. The van der Waals surface area contributed by atoms with Gasteiger partial charge in [-0.2, -0.15) is 0 Å². The zero-order valence-corrected chi connectivity index (χ0v) is 49.1. The van der Waals surface area contributed by atoms with E-state index in [9.17, 15) is 0 Å². The van der Waals surface area contributed by atoms with Gasteiger partial charge < -0.3 is 23.7 Å². The molecule has 13 rings (SSSR count). The minimum atomic E-state index is -0.127. The van der Waals surface area contributed by atoms with Crippen molar-refractivity contribution in [1.29, 1.82) is 0 Å². The third-order valence-electron chi connectivity index (χ3n) is 18.1. The highest BCUT2D eigenvalue weighted by molar-refractivity contribution is 6.04. The summed E-state index contributed by atoms with van der Waals surface area (Å²) in [6.07, 6.45) is 3.42. The molecule has 1 aromatic heterocycles. The fourth-order valence-corrected chi connectivity index (χ4v) is 13.3. The van der Waals surface area contributed by atoms with Crippen LogP contribution in [0.1, 0.15) is 109 Å². The fourth-order valence-electron chi connectivity index (χ4n) is 13.3. The van der Waals surface area contributed by atoms with Crippen LogP contribution in [0.3, 0.4) is 0 Å². The number of hydrogen-bond acceptors (Lipinski definition) is 4. The van der Waals surface area contributed by atoms with Crippen LogP contribution in [0, 0.1) is 0 Å². The molecule has 418 valence electrons. The van der Waals surface area contributed by atoms with Gasteiger partial charge in [0, 0.05) is 52.4 Å². The normalized spacial score (nSPS) is 14.6. The largest absolute Gasteiger partial charge is 0.374 e. The molecule has 0 amide bonds. The number of nitrogens with zero attached hydrogens (tertiary/aromatic N) is 2. The van der Waals surface area contributed by atoms with Crippen LogP contribution in [0.15, 0.2) is 243 Å². The molecule has 0 saturated carbocycles. The third-order valence-corrected chi connectivity index (χ3v) is 18.1. The molecule has 0 fully saturated rings. The Hall–Kier alpha value is -8.58. The summed E-state index contributed by atoms with van der Waals surface area (Å²) >= 11 is 0. The van der Waals surface area contributed by atoms with Gasteiger partial charge in [-0.3, -0.25) is 0 Å². The summed E-state index contributed by atoms with van der Waals surface area (Å²) in [7, 11) is 2.18. The topological polar surface area (TPSA) is 35.9 Å². The first-order valence-corrected chi connectivity index (χ1v) is 30.2. The Bertz CT molecular complexity index is 4050. The average molecular weight is 1100 g/mol. The van der Waals surface area contributed by atoms with Gasteiger partial charge >= 0.3 is 0 Å². The van der Waals surface area contributed by atoms with Gasteiger partial charge in [0.2, 0.25) is 0 Å². The Morgan fingerprint density at radius 1 is 0.512 bits per heavy atom. The van der Waals surface area contributed by atoms with Crippen LogP contribution in [0.5, 0.6) is 0 Å². The van der Waals surface area contributed by atoms with Crippen LogP contribution >= 0.6 is 0 Å². The first-order valence-electron chi connectivity index (χ1n) is 30.2. The van der Waals surface area contributed by atoms with Crippen LogP contribution in [-0.4, -0.2) is 17.8 Å². The van der Waals surface area contributed by atoms with Crippen molar-refractivity contribution in [2.75, 3.05) is 18.1 Å². The van der Waals surface area contributed by atoms with E-state index in [-0.39, 0.29) is 11.5 Å². The van der Waals surface area contributed by atoms with Crippen molar-refractivity contribution in [3.05, 3.63) is 293 Å². The standard InChI is InChI=1S/C79H74N2O3/c1-6-58(48-54(2)59-30-24-55(25-31-59)51-82-46-47-84-76-49-65-18-10-11-19-69(65)76)60-32-26-56(27-33-60)52-83-53-57-28-34-61(35-29-57)62-36-40-66(41-37-62)81(68-44-45-71-70-20-12-14-22-73(70)79(3,4)74(71)50-68)67-42-38-63(39-43-67)77-72-21-13-15-23-75(72)80(5)78(77)64-16-8-7-9-17-64/h7-45,50,54,58,76H,6,46-49,51-53H2,1-5H3. The van der Waals surface area contributed by atoms with Crippen LogP contribution < -0.4 is 4.90 Å². The van der Waals surface area contributed by atoms with Gasteiger partial charge in [0.1, 0.15) is 0 Å². The number of hydrogen-bond donors (Lipinski definition) is 0. The summed E-state index contributed by atoms with van der Waals surface area (Å²) in [5.74, 6) is 0.932. The van der Waals surface area contributed by atoms with Crippen molar-refractivity contribution in [1.82, 2.24) is 4.57 Å². The molecule has 2 aliphatic rings. The lowest BCUT2D eigenvalue weighted by atomic mass is 9.82. The summed E-state index contributed by atoms with van der Waals surface area (Å²) in [4.78, 5) is 2.41. The summed E-state index contributed by atoms with van der Waals surface area (Å²) in [6.45, 7) is 12.3. The van der Waals surface area contributed by atoms with E-state index in [0.717, 1.165) is 41.9 Å². The van der Waals surface area contributed by atoms with E-state index in [1.54, 1.807) is 0 Å². The molecule has 5 heteroatoms. The second-order valence-corrected chi connectivity index (χ2v) is 23.7. The Balaban J connectivity index is 0.649. The first-order chi connectivity index (χ1) is 41.2. The molecule has 1 heterocycles. The van der Waals surface area contributed by atoms with E-state index in [1.165, 1.54) is 100 Å². The SMILES string of the molecule is CCC(CC(C)c1ccc(COCCOC2Cc3ccccc32)cc1)c1ccc(COCc2ccc(-c3ccc(N(c4ccc(-c5c(-c6ccccc6)n(C)c6ccccc56)cc4)c4ccc5c(c4)C(C)(C)c4ccccc4-5)cc3)cc2)cc1. The summed E-state index contributed by atoms with van der Waals surface area (Å²) in [5, 5.41) is 1.25. The lowest BCUT2D eigenvalue weighted by molar-refractivity contribution is -0.0100. The molecule has 10 aromatic carbocycles. The summed E-state index contributed by atoms with van der Waals surface area (Å²) in [5.41, 5.74) is 26.0. The first kappa shape index (κ1) is 54.7. The molecule has 3 unspecified atom stereocenters. The van der Waals surface area contributed by atoms with Crippen LogP contribution in [0.2, 0.25) is 0 Å². The maximum absolute atomic E-state index is 6.32. The summed E-state index contributed by atoms with van der Waals surface area (Å²) < 4.78 is 20.7.